The normalized spacial score (nSPS) is 9.03. The quantitative estimate of drug-likeness (QED) is 0.428. The largest absolute Gasteiger partial charge is 0.469 e. The van der Waals surface area contributed by atoms with E-state index in [0.717, 1.165) is 17.8 Å². The van der Waals surface area contributed by atoms with E-state index in [1.165, 1.54) is 33.4 Å². The van der Waals surface area contributed by atoms with E-state index in [1.807, 2.05) is 19.9 Å². The van der Waals surface area contributed by atoms with Crippen molar-refractivity contribution in [3.05, 3.63) is 41.4 Å². The second kappa shape index (κ2) is 18.3. The van der Waals surface area contributed by atoms with E-state index in [4.69, 9.17) is 5.73 Å². The smallest absolute Gasteiger partial charge is 0.339 e. The molecule has 0 amide bonds. The van der Waals surface area contributed by atoms with Crippen LogP contribution in [0.5, 0.6) is 0 Å². The van der Waals surface area contributed by atoms with E-state index in [1.54, 1.807) is 13.0 Å². The minimum Gasteiger partial charge on any atom is -0.469 e. The van der Waals surface area contributed by atoms with Gasteiger partial charge in [0.2, 0.25) is 0 Å². The summed E-state index contributed by atoms with van der Waals surface area (Å²) in [6, 6.07) is 3.57. The molecule has 8 nitrogen and oxygen atoms in total. The van der Waals surface area contributed by atoms with Crippen LogP contribution in [0, 0.1) is 6.92 Å². The zero-order chi connectivity index (χ0) is 22.1. The molecule has 0 radical (unpaired) electrons. The number of nitrogens with two attached hydrogens (primary N) is 1. The van der Waals surface area contributed by atoms with Gasteiger partial charge >= 0.3 is 11.9 Å². The summed E-state index contributed by atoms with van der Waals surface area (Å²) in [5.41, 5.74) is 7.11. The fraction of sp³-hybridized carbons (Fsp3) is 0.476. The molecule has 0 fully saturated rings. The number of ether oxygens (including phenoxy) is 2. The lowest BCUT2D eigenvalue weighted by atomic mass is 10.1. The highest BCUT2D eigenvalue weighted by Crippen LogP contribution is 2.09. The Hall–Kier alpha value is -3.03. The highest BCUT2D eigenvalue weighted by molar-refractivity contribution is 5.95. The molecule has 0 saturated heterocycles. The maximum atomic E-state index is 11.2. The molecule has 0 aromatic carbocycles. The van der Waals surface area contributed by atoms with E-state index >= 15 is 0 Å². The number of hydrogen-bond donors (Lipinski definition) is 1. The number of esters is 2. The maximum Gasteiger partial charge on any atom is 0.339 e. The van der Waals surface area contributed by atoms with Crippen LogP contribution >= 0.6 is 0 Å². The fourth-order valence-electron chi connectivity index (χ4n) is 1.67. The van der Waals surface area contributed by atoms with Crippen molar-refractivity contribution in [2.75, 3.05) is 14.2 Å². The highest BCUT2D eigenvalue weighted by Gasteiger charge is 2.11. The summed E-state index contributed by atoms with van der Waals surface area (Å²) in [6.45, 7) is 7.03. The number of hydrogen-bond acceptors (Lipinski definition) is 8. The van der Waals surface area contributed by atoms with Gasteiger partial charge in [-0.3, -0.25) is 19.4 Å². The molecule has 0 bridgehead atoms. The average Bonchev–Trinajstić information content (AvgIpc) is 2.67. The number of ketones is 2. The number of aryl methyl sites for hydroxylation is 2. The summed E-state index contributed by atoms with van der Waals surface area (Å²) in [5, 5.41) is 0. The van der Waals surface area contributed by atoms with Crippen LogP contribution in [-0.2, 0) is 30.3 Å². The van der Waals surface area contributed by atoms with Crippen molar-refractivity contribution in [2.24, 2.45) is 5.73 Å². The number of Topliss-reactive ketones (excluding diaryl/α,β-unsaturated/α-hetero) is 1. The average molecular weight is 414 g/mol. The zero-order valence-electron chi connectivity index (χ0n) is 17.4. The van der Waals surface area contributed by atoms with Crippen LogP contribution in [0.4, 0.5) is 0 Å². The predicted molar refractivity (Wildman–Crippen MR) is 114 cm³/mol. The lowest BCUT2D eigenvalue weighted by Crippen LogP contribution is -2.07. The summed E-state index contributed by atoms with van der Waals surface area (Å²) in [6.07, 6.45) is 3.58. The number of methoxy groups -OCH3 is 2. The molecule has 1 aromatic rings. The maximum absolute atomic E-state index is 11.2. The second-order valence-corrected chi connectivity index (χ2v) is 5.41. The van der Waals surface area contributed by atoms with Crippen molar-refractivity contribution in [1.29, 1.82) is 0 Å². The first-order valence-corrected chi connectivity index (χ1v) is 8.68. The third kappa shape index (κ3) is 15.7. The third-order valence-corrected chi connectivity index (χ3v) is 3.15. The first-order chi connectivity index (χ1) is 13.2. The number of allylic oxidation sites excluding steroid dienone is 1. The van der Waals surface area contributed by atoms with Gasteiger partial charge in [-0.05, 0) is 44.7 Å². The number of carbonyl (C=O) groups excluding carboxylic acids is 4. The Bertz CT molecular complexity index is 676. The lowest BCUT2D eigenvalue weighted by Gasteiger charge is -2.05. The van der Waals surface area contributed by atoms with Gasteiger partial charge in [0.1, 0.15) is 12.2 Å². The van der Waals surface area contributed by atoms with Crippen molar-refractivity contribution in [1.82, 2.24) is 4.98 Å². The van der Waals surface area contributed by atoms with Crippen LogP contribution in [0.2, 0.25) is 0 Å². The van der Waals surface area contributed by atoms with Gasteiger partial charge in [-0.1, -0.05) is 21.3 Å². The molecule has 1 aromatic heterocycles. The van der Waals surface area contributed by atoms with Crippen LogP contribution in [-0.4, -0.2) is 42.7 Å². The Morgan fingerprint density at radius 3 is 2.07 bits per heavy atom. The highest BCUT2D eigenvalue weighted by atomic mass is 16.5. The van der Waals surface area contributed by atoms with E-state index < -0.39 is 5.97 Å². The number of rotatable bonds is 6. The molecule has 0 aliphatic rings. The summed E-state index contributed by atoms with van der Waals surface area (Å²) in [7, 11) is 2.65. The van der Waals surface area contributed by atoms with Crippen molar-refractivity contribution in [2.45, 2.75) is 54.4 Å². The van der Waals surface area contributed by atoms with E-state index in [-0.39, 0.29) is 32.8 Å². The molecular weight excluding hydrogens is 376 g/mol. The molecule has 0 spiro atoms. The van der Waals surface area contributed by atoms with Gasteiger partial charge in [-0.15, -0.1) is 0 Å². The Morgan fingerprint density at radius 2 is 1.72 bits per heavy atom. The molecule has 0 atom stereocenters. The van der Waals surface area contributed by atoms with Crippen LogP contribution in [0.15, 0.2) is 24.4 Å². The minimum atomic E-state index is -0.457. The molecule has 1 heterocycles. The predicted octanol–water partition coefficient (Wildman–Crippen LogP) is 3.20. The molecule has 0 aliphatic heterocycles. The standard InChI is InChI=1S/C10H13NO2.C6H10O3.C4H7NO.CH4.H2/c1-4-9-8(10(12)13-3)6-5-7(2)11-9;1-3-5(7)4-6(8)9-2;1-4(6)2-3-5;;/h5-6H,4H2,1-3H3;3-4H2,1-2H3;2-3H,5H2,1H3;1H4;1H/b;;3-2+;;/i;;;;1+1. The Balaban J connectivity index is -0.000000176. The van der Waals surface area contributed by atoms with Gasteiger partial charge in [-0.2, -0.15) is 0 Å². The Labute approximate surface area is 175 Å². The first-order valence-electron chi connectivity index (χ1n) is 8.68. The SMILES string of the molecule is C.CC(=O)/C=C/N.CCC(=O)CC(=O)OC.CCc1nc(C)ccc1C(=O)OC.[2HH]. The van der Waals surface area contributed by atoms with Gasteiger partial charge in [0, 0.05) is 13.5 Å². The van der Waals surface area contributed by atoms with Gasteiger partial charge in [0.15, 0.2) is 5.78 Å². The van der Waals surface area contributed by atoms with Gasteiger partial charge in [-0.25, -0.2) is 4.79 Å². The molecular formula is C21H36N2O6. The van der Waals surface area contributed by atoms with Crippen molar-refractivity contribution < 1.29 is 30.1 Å². The number of aromatic nitrogens is 1. The zero-order valence-corrected chi connectivity index (χ0v) is 17.4. The summed E-state index contributed by atoms with van der Waals surface area (Å²) >= 11 is 0. The molecule has 1 rings (SSSR count). The van der Waals surface area contributed by atoms with Crippen molar-refractivity contribution in [3.63, 3.8) is 0 Å². The summed E-state index contributed by atoms with van der Waals surface area (Å²) in [5.74, 6) is -0.870. The van der Waals surface area contributed by atoms with E-state index in [2.05, 4.69) is 14.5 Å². The summed E-state index contributed by atoms with van der Waals surface area (Å²) in [4.78, 5) is 46.2. The molecule has 29 heavy (non-hydrogen) atoms. The summed E-state index contributed by atoms with van der Waals surface area (Å²) < 4.78 is 8.90. The number of pyridine rings is 1. The van der Waals surface area contributed by atoms with E-state index in [0.29, 0.717) is 12.0 Å². The minimum absolute atomic E-state index is 0. The fourth-order valence-corrected chi connectivity index (χ4v) is 1.67. The monoisotopic (exact) mass is 413 g/mol. The van der Waals surface area contributed by atoms with Gasteiger partial charge < -0.3 is 15.2 Å². The van der Waals surface area contributed by atoms with E-state index in [9.17, 15) is 19.2 Å². The van der Waals surface area contributed by atoms with Crippen LogP contribution in [0.3, 0.4) is 0 Å². The first kappa shape index (κ1) is 30.7. The topological polar surface area (TPSA) is 126 Å². The molecule has 2 N–H and O–H groups in total. The third-order valence-electron chi connectivity index (χ3n) is 3.15. The lowest BCUT2D eigenvalue weighted by molar-refractivity contribution is -0.143. The molecule has 8 heteroatoms. The van der Waals surface area contributed by atoms with Crippen LogP contribution in [0.1, 0.15) is 64.2 Å². The van der Waals surface area contributed by atoms with Gasteiger partial charge in [0.05, 0.1) is 25.5 Å². The van der Waals surface area contributed by atoms with Crippen LogP contribution in [0.25, 0.3) is 0 Å². The Kier molecular flexibility index (Phi) is 19.4. The van der Waals surface area contributed by atoms with Crippen LogP contribution < -0.4 is 5.73 Å². The number of nitrogens with zero attached hydrogens (tertiary/aromatic N) is 1. The van der Waals surface area contributed by atoms with Gasteiger partial charge in [0.25, 0.3) is 0 Å². The molecule has 166 valence electrons. The second-order valence-electron chi connectivity index (χ2n) is 5.41. The molecule has 0 aliphatic carbocycles. The van der Waals surface area contributed by atoms with Crippen molar-refractivity contribution >= 4 is 23.5 Å². The van der Waals surface area contributed by atoms with Crippen molar-refractivity contribution in [3.8, 4) is 0 Å². The Morgan fingerprint density at radius 1 is 1.14 bits per heavy atom. The molecule has 0 saturated carbocycles. The number of carbonyl (C=O) groups is 4. The molecule has 0 unspecified atom stereocenters.